The Hall–Kier alpha value is -1.49. The van der Waals surface area contributed by atoms with Gasteiger partial charge in [0.1, 0.15) is 18.3 Å². The standard InChI is InChI=1S/C37H64O6Si2/c1-15-19-36(8,9)33(39)41-29-21-25(34(2,3)4)20-24-17-16-18-27(30(24)29)37(10,43-45(13)14)23-26-22-28(35(5,6)7)31(32(38)40-26)42-44(11)12/h15-17,20,25-31,44-45H,1,18-19,21-23H2,2-14H3/t25-,26-,27+,28+,29+,30+,31?,37+/m1/s1. The highest BCUT2D eigenvalue weighted by Gasteiger charge is 2.53. The highest BCUT2D eigenvalue weighted by Crippen LogP contribution is 2.51. The van der Waals surface area contributed by atoms with Crippen LogP contribution in [0.1, 0.15) is 94.4 Å². The van der Waals surface area contributed by atoms with E-state index in [1.807, 2.05) is 13.8 Å². The number of carbonyl (C=O) groups is 2. The first-order valence-electron chi connectivity index (χ1n) is 17.3. The van der Waals surface area contributed by atoms with Crippen LogP contribution in [-0.2, 0) is 27.9 Å². The quantitative estimate of drug-likeness (QED) is 0.126. The van der Waals surface area contributed by atoms with Crippen LogP contribution in [0, 0.1) is 39.9 Å². The molecular weight excluding hydrogens is 597 g/mol. The number of carbonyl (C=O) groups excluding carboxylic acids is 2. The zero-order chi connectivity index (χ0) is 34.1. The minimum Gasteiger partial charge on any atom is -0.461 e. The molecule has 3 rings (SSSR count). The Labute approximate surface area is 278 Å². The molecule has 8 atom stereocenters. The second kappa shape index (κ2) is 14.3. The van der Waals surface area contributed by atoms with Gasteiger partial charge in [0.15, 0.2) is 18.1 Å². The van der Waals surface area contributed by atoms with Crippen LogP contribution in [0.5, 0.6) is 0 Å². The normalized spacial score (nSPS) is 30.8. The van der Waals surface area contributed by atoms with Gasteiger partial charge in [0.2, 0.25) is 0 Å². The molecule has 256 valence electrons. The van der Waals surface area contributed by atoms with Gasteiger partial charge in [-0.3, -0.25) is 4.79 Å². The molecule has 6 nitrogen and oxygen atoms in total. The van der Waals surface area contributed by atoms with Gasteiger partial charge in [-0.25, -0.2) is 4.79 Å². The Bertz CT molecular complexity index is 1130. The Morgan fingerprint density at radius 2 is 1.62 bits per heavy atom. The van der Waals surface area contributed by atoms with Crippen LogP contribution in [0.2, 0.25) is 26.2 Å². The molecule has 1 saturated heterocycles. The van der Waals surface area contributed by atoms with Crippen LogP contribution in [-0.4, -0.2) is 53.9 Å². The lowest BCUT2D eigenvalue weighted by Crippen LogP contribution is -2.55. The zero-order valence-electron chi connectivity index (χ0n) is 30.7. The van der Waals surface area contributed by atoms with E-state index < -0.39 is 35.2 Å². The van der Waals surface area contributed by atoms with Crippen LogP contribution in [0.25, 0.3) is 0 Å². The van der Waals surface area contributed by atoms with E-state index in [0.717, 1.165) is 19.3 Å². The molecule has 0 saturated carbocycles. The summed E-state index contributed by atoms with van der Waals surface area (Å²) in [5.74, 6) is -0.0207. The predicted molar refractivity (Wildman–Crippen MR) is 189 cm³/mol. The molecule has 1 heterocycles. The molecule has 0 aromatic carbocycles. The topological polar surface area (TPSA) is 71.1 Å². The predicted octanol–water partition coefficient (Wildman–Crippen LogP) is 8.18. The minimum atomic E-state index is -1.53. The SMILES string of the molecule is C=CCC(C)(C)C(=O)O[C@H]1C[C@H](C(C)(C)C)C=C2C=CC[C@H]([C@](C)(C[C@H]3C[C@H](C(C)(C)C)C(O[SiH](C)C)C(=O)O3)O[SiH](C)C)[C@H]21. The molecule has 0 aromatic rings. The number of rotatable bonds is 11. The van der Waals surface area contributed by atoms with E-state index in [0.29, 0.717) is 12.8 Å². The number of hydrogen-bond acceptors (Lipinski definition) is 6. The van der Waals surface area contributed by atoms with Crippen molar-refractivity contribution < 1.29 is 27.9 Å². The smallest absolute Gasteiger partial charge is 0.334 e. The van der Waals surface area contributed by atoms with Crippen molar-refractivity contribution >= 4 is 30.0 Å². The number of fused-ring (bicyclic) bond motifs is 1. The molecule has 0 bridgehead atoms. The van der Waals surface area contributed by atoms with Crippen LogP contribution in [0.4, 0.5) is 0 Å². The summed E-state index contributed by atoms with van der Waals surface area (Å²) in [7, 11) is -2.98. The highest BCUT2D eigenvalue weighted by atomic mass is 28.3. The van der Waals surface area contributed by atoms with E-state index >= 15 is 0 Å². The first-order valence-corrected chi connectivity index (χ1v) is 22.9. The third-order valence-corrected chi connectivity index (χ3v) is 12.1. The third kappa shape index (κ3) is 9.32. The molecule has 1 fully saturated rings. The lowest BCUT2D eigenvalue weighted by atomic mass is 9.61. The summed E-state index contributed by atoms with van der Waals surface area (Å²) >= 11 is 0. The summed E-state index contributed by atoms with van der Waals surface area (Å²) in [5.41, 5.74) is -0.0671. The van der Waals surface area contributed by atoms with Crippen molar-refractivity contribution in [1.82, 2.24) is 0 Å². The molecule has 1 aliphatic heterocycles. The molecule has 0 radical (unpaired) electrons. The molecule has 1 unspecified atom stereocenters. The highest BCUT2D eigenvalue weighted by molar-refractivity contribution is 6.48. The zero-order valence-corrected chi connectivity index (χ0v) is 33.0. The third-order valence-electron chi connectivity index (χ3n) is 10.2. The van der Waals surface area contributed by atoms with Crippen molar-refractivity contribution in [3.05, 3.63) is 36.5 Å². The van der Waals surface area contributed by atoms with Gasteiger partial charge in [0, 0.05) is 24.2 Å². The van der Waals surface area contributed by atoms with E-state index in [-0.39, 0.29) is 58.6 Å². The van der Waals surface area contributed by atoms with Gasteiger partial charge in [-0.1, -0.05) is 65.8 Å². The van der Waals surface area contributed by atoms with E-state index in [1.54, 1.807) is 6.08 Å². The molecule has 0 aromatic heterocycles. The van der Waals surface area contributed by atoms with Gasteiger partial charge in [-0.2, -0.15) is 0 Å². The number of esters is 2. The first-order chi connectivity index (χ1) is 20.6. The van der Waals surface area contributed by atoms with Crippen LogP contribution >= 0.6 is 0 Å². The van der Waals surface area contributed by atoms with Gasteiger partial charge >= 0.3 is 11.9 Å². The first kappa shape index (κ1) is 38.0. The fourth-order valence-electron chi connectivity index (χ4n) is 7.78. The number of ether oxygens (including phenoxy) is 2. The molecular formula is C37H64O6Si2. The summed E-state index contributed by atoms with van der Waals surface area (Å²) in [6.45, 7) is 32.0. The van der Waals surface area contributed by atoms with Crippen molar-refractivity contribution in [2.75, 3.05) is 0 Å². The largest absolute Gasteiger partial charge is 0.461 e. The Morgan fingerprint density at radius 3 is 2.16 bits per heavy atom. The maximum Gasteiger partial charge on any atom is 0.334 e. The maximum absolute atomic E-state index is 13.7. The van der Waals surface area contributed by atoms with Crippen LogP contribution in [0.15, 0.2) is 36.5 Å². The van der Waals surface area contributed by atoms with E-state index in [4.69, 9.17) is 18.3 Å². The summed E-state index contributed by atoms with van der Waals surface area (Å²) in [5, 5.41) is 0. The minimum absolute atomic E-state index is 0.00411. The number of allylic oxidation sites excluding steroid dienone is 4. The van der Waals surface area contributed by atoms with Crippen molar-refractivity contribution in [2.45, 2.75) is 145 Å². The molecule has 3 aliphatic rings. The van der Waals surface area contributed by atoms with Gasteiger partial charge in [0.05, 0.1) is 11.0 Å². The molecule has 8 heteroatoms. The average Bonchev–Trinajstić information content (AvgIpc) is 2.87. The molecule has 0 amide bonds. The molecule has 2 aliphatic carbocycles. The van der Waals surface area contributed by atoms with E-state index in [2.05, 4.69) is 99.5 Å². The second-order valence-electron chi connectivity index (χ2n) is 17.5. The molecule has 45 heavy (non-hydrogen) atoms. The summed E-state index contributed by atoms with van der Waals surface area (Å²) < 4.78 is 26.1. The maximum atomic E-state index is 13.7. The van der Waals surface area contributed by atoms with Gasteiger partial charge in [0.25, 0.3) is 0 Å². The average molecular weight is 661 g/mol. The summed E-state index contributed by atoms with van der Waals surface area (Å²) in [4.78, 5) is 27.2. The summed E-state index contributed by atoms with van der Waals surface area (Å²) in [6.07, 6.45) is 11.2. The monoisotopic (exact) mass is 660 g/mol. The molecule has 0 N–H and O–H groups in total. The van der Waals surface area contributed by atoms with E-state index in [1.165, 1.54) is 5.57 Å². The Kier molecular flexibility index (Phi) is 12.1. The van der Waals surface area contributed by atoms with Crippen molar-refractivity contribution in [1.29, 1.82) is 0 Å². The van der Waals surface area contributed by atoms with Gasteiger partial charge in [-0.05, 0) is 95.0 Å². The Morgan fingerprint density at radius 1 is 0.978 bits per heavy atom. The lowest BCUT2D eigenvalue weighted by Gasteiger charge is -2.52. The van der Waals surface area contributed by atoms with Crippen LogP contribution in [0.3, 0.4) is 0 Å². The fourth-order valence-corrected chi connectivity index (χ4v) is 10.0. The van der Waals surface area contributed by atoms with Crippen molar-refractivity contribution in [2.24, 2.45) is 39.9 Å². The second-order valence-corrected chi connectivity index (χ2v) is 22.2. The van der Waals surface area contributed by atoms with Crippen molar-refractivity contribution in [3.8, 4) is 0 Å². The van der Waals surface area contributed by atoms with Crippen LogP contribution < -0.4 is 0 Å². The van der Waals surface area contributed by atoms with E-state index in [9.17, 15) is 9.59 Å². The summed E-state index contributed by atoms with van der Waals surface area (Å²) in [6, 6.07) is 0. The van der Waals surface area contributed by atoms with Crippen molar-refractivity contribution in [3.63, 3.8) is 0 Å². The fraction of sp³-hybridized carbons (Fsp3) is 0.784. The number of cyclic esters (lactones) is 1. The van der Waals surface area contributed by atoms with Gasteiger partial charge in [-0.15, -0.1) is 6.58 Å². The van der Waals surface area contributed by atoms with Gasteiger partial charge < -0.3 is 18.3 Å². The molecule has 0 spiro atoms. The number of hydrogen-bond donors (Lipinski definition) is 0. The lowest BCUT2D eigenvalue weighted by molar-refractivity contribution is -0.183. The Balaban J connectivity index is 2.03.